The van der Waals surface area contributed by atoms with E-state index >= 15 is 0 Å². The van der Waals surface area contributed by atoms with Crippen LogP contribution in [0.15, 0.2) is 0 Å². The zero-order valence-corrected chi connectivity index (χ0v) is 14.7. The molecule has 4 heteroatoms. The summed E-state index contributed by atoms with van der Waals surface area (Å²) in [5.74, 6) is 0.344. The number of amides is 1. The van der Waals surface area contributed by atoms with Crippen molar-refractivity contribution >= 4 is 5.91 Å². The Morgan fingerprint density at radius 3 is 2.45 bits per heavy atom. The van der Waals surface area contributed by atoms with Crippen molar-refractivity contribution in [2.45, 2.75) is 77.7 Å². The lowest BCUT2D eigenvalue weighted by molar-refractivity contribution is -0.131. The highest BCUT2D eigenvalue weighted by molar-refractivity contribution is 5.76. The SMILES string of the molecule is CCCCN(CCCCCNC1CCOCC1)C(=O)CCC. The lowest BCUT2D eigenvalue weighted by Crippen LogP contribution is -2.35. The molecule has 0 radical (unpaired) electrons. The highest BCUT2D eigenvalue weighted by atomic mass is 16.5. The second kappa shape index (κ2) is 12.9. The largest absolute Gasteiger partial charge is 0.381 e. The predicted molar refractivity (Wildman–Crippen MR) is 92.1 cm³/mol. The molecule has 130 valence electrons. The number of rotatable bonds is 12. The third-order valence-electron chi connectivity index (χ3n) is 4.36. The zero-order valence-electron chi connectivity index (χ0n) is 14.7. The van der Waals surface area contributed by atoms with E-state index < -0.39 is 0 Å². The highest BCUT2D eigenvalue weighted by Crippen LogP contribution is 2.07. The van der Waals surface area contributed by atoms with Crippen LogP contribution in [0.3, 0.4) is 0 Å². The van der Waals surface area contributed by atoms with E-state index in [1.54, 1.807) is 0 Å². The Kier molecular flexibility index (Phi) is 11.4. The predicted octanol–water partition coefficient (Wildman–Crippen LogP) is 3.35. The number of ether oxygens (including phenoxy) is 1. The molecule has 1 aliphatic heterocycles. The number of hydrogen-bond donors (Lipinski definition) is 1. The van der Waals surface area contributed by atoms with Crippen molar-refractivity contribution in [3.8, 4) is 0 Å². The Hall–Kier alpha value is -0.610. The maximum Gasteiger partial charge on any atom is 0.222 e. The van der Waals surface area contributed by atoms with Crippen LogP contribution >= 0.6 is 0 Å². The molecule has 0 aromatic heterocycles. The maximum atomic E-state index is 12.1. The Morgan fingerprint density at radius 2 is 1.77 bits per heavy atom. The van der Waals surface area contributed by atoms with Gasteiger partial charge in [0, 0.05) is 38.8 Å². The molecule has 0 atom stereocenters. The first-order chi connectivity index (χ1) is 10.8. The van der Waals surface area contributed by atoms with Crippen LogP contribution < -0.4 is 5.32 Å². The molecule has 1 aliphatic rings. The fourth-order valence-corrected chi connectivity index (χ4v) is 2.89. The molecule has 0 bridgehead atoms. The topological polar surface area (TPSA) is 41.6 Å². The van der Waals surface area contributed by atoms with Gasteiger partial charge in [0.25, 0.3) is 0 Å². The Bertz CT molecular complexity index is 278. The van der Waals surface area contributed by atoms with Crippen molar-refractivity contribution in [1.29, 1.82) is 0 Å². The molecule has 0 aromatic rings. The van der Waals surface area contributed by atoms with Gasteiger partial charge in [-0.15, -0.1) is 0 Å². The minimum atomic E-state index is 0.344. The van der Waals surface area contributed by atoms with Gasteiger partial charge in [0.05, 0.1) is 0 Å². The fourth-order valence-electron chi connectivity index (χ4n) is 2.89. The molecule has 1 N–H and O–H groups in total. The van der Waals surface area contributed by atoms with Crippen molar-refractivity contribution in [3.05, 3.63) is 0 Å². The Balaban J connectivity index is 2.06. The molecule has 0 unspecified atom stereocenters. The second-order valence-corrected chi connectivity index (χ2v) is 6.39. The summed E-state index contributed by atoms with van der Waals surface area (Å²) in [6, 6.07) is 0.654. The molecule has 1 rings (SSSR count). The fraction of sp³-hybridized carbons (Fsp3) is 0.944. The average Bonchev–Trinajstić information content (AvgIpc) is 2.54. The summed E-state index contributed by atoms with van der Waals surface area (Å²) in [5.41, 5.74) is 0. The monoisotopic (exact) mass is 312 g/mol. The molecule has 1 saturated heterocycles. The number of carbonyl (C=O) groups excluding carboxylic acids is 1. The van der Waals surface area contributed by atoms with E-state index in [1.165, 1.54) is 12.8 Å². The molecule has 22 heavy (non-hydrogen) atoms. The van der Waals surface area contributed by atoms with Crippen molar-refractivity contribution in [3.63, 3.8) is 0 Å². The van der Waals surface area contributed by atoms with Gasteiger partial charge in [0.1, 0.15) is 0 Å². The van der Waals surface area contributed by atoms with E-state index in [9.17, 15) is 4.79 Å². The Morgan fingerprint density at radius 1 is 1.05 bits per heavy atom. The van der Waals surface area contributed by atoms with Gasteiger partial charge in [-0.2, -0.15) is 0 Å². The van der Waals surface area contributed by atoms with Gasteiger partial charge in [-0.25, -0.2) is 0 Å². The van der Waals surface area contributed by atoms with Gasteiger partial charge in [-0.3, -0.25) is 4.79 Å². The quantitative estimate of drug-likeness (QED) is 0.562. The van der Waals surface area contributed by atoms with Gasteiger partial charge in [-0.1, -0.05) is 26.7 Å². The molecular formula is C18H36N2O2. The summed E-state index contributed by atoms with van der Waals surface area (Å²) in [4.78, 5) is 14.2. The first-order valence-electron chi connectivity index (χ1n) is 9.36. The van der Waals surface area contributed by atoms with E-state index in [0.717, 1.165) is 71.4 Å². The van der Waals surface area contributed by atoms with E-state index in [2.05, 4.69) is 24.1 Å². The van der Waals surface area contributed by atoms with Crippen LogP contribution in [-0.2, 0) is 9.53 Å². The molecule has 0 saturated carbocycles. The van der Waals surface area contributed by atoms with Gasteiger partial charge < -0.3 is 15.0 Å². The molecule has 1 fully saturated rings. The summed E-state index contributed by atoms with van der Waals surface area (Å²) in [7, 11) is 0. The van der Waals surface area contributed by atoms with Crippen LogP contribution in [-0.4, -0.2) is 49.7 Å². The summed E-state index contributed by atoms with van der Waals surface area (Å²) in [6.07, 6.45) is 9.79. The molecule has 0 aromatic carbocycles. The van der Waals surface area contributed by atoms with Gasteiger partial charge in [0.15, 0.2) is 0 Å². The second-order valence-electron chi connectivity index (χ2n) is 6.39. The summed E-state index contributed by atoms with van der Waals surface area (Å²) >= 11 is 0. The lowest BCUT2D eigenvalue weighted by Gasteiger charge is -2.24. The minimum absolute atomic E-state index is 0.344. The standard InChI is InChI=1S/C18H36N2O2/c1-3-5-13-20(18(21)9-4-2)14-8-6-7-12-19-17-10-15-22-16-11-17/h17,19H,3-16H2,1-2H3. The molecule has 0 aliphatic carbocycles. The van der Waals surface area contributed by atoms with Crippen LogP contribution in [0.1, 0.15) is 71.6 Å². The van der Waals surface area contributed by atoms with Crippen molar-refractivity contribution in [2.24, 2.45) is 0 Å². The number of carbonyl (C=O) groups is 1. The van der Waals surface area contributed by atoms with Crippen LogP contribution in [0.4, 0.5) is 0 Å². The smallest absolute Gasteiger partial charge is 0.222 e. The van der Waals surface area contributed by atoms with Gasteiger partial charge in [-0.05, 0) is 45.1 Å². The van der Waals surface area contributed by atoms with Crippen LogP contribution in [0.5, 0.6) is 0 Å². The average molecular weight is 312 g/mol. The maximum absolute atomic E-state index is 12.1. The molecule has 1 heterocycles. The first-order valence-corrected chi connectivity index (χ1v) is 9.36. The third-order valence-corrected chi connectivity index (χ3v) is 4.36. The summed E-state index contributed by atoms with van der Waals surface area (Å²) < 4.78 is 5.37. The molecule has 0 spiro atoms. The van der Waals surface area contributed by atoms with Crippen LogP contribution in [0, 0.1) is 0 Å². The van der Waals surface area contributed by atoms with E-state index in [-0.39, 0.29) is 0 Å². The van der Waals surface area contributed by atoms with Crippen molar-refractivity contribution in [1.82, 2.24) is 10.2 Å². The summed E-state index contributed by atoms with van der Waals surface area (Å²) in [5, 5.41) is 3.63. The lowest BCUT2D eigenvalue weighted by atomic mass is 10.1. The molecule has 1 amide bonds. The molecular weight excluding hydrogens is 276 g/mol. The normalized spacial score (nSPS) is 15.9. The van der Waals surface area contributed by atoms with Crippen LogP contribution in [0.2, 0.25) is 0 Å². The third kappa shape index (κ3) is 8.74. The Labute approximate surface area is 137 Å². The minimum Gasteiger partial charge on any atom is -0.381 e. The van der Waals surface area contributed by atoms with E-state index in [0.29, 0.717) is 18.4 Å². The van der Waals surface area contributed by atoms with Crippen LogP contribution in [0.25, 0.3) is 0 Å². The highest BCUT2D eigenvalue weighted by Gasteiger charge is 2.13. The van der Waals surface area contributed by atoms with E-state index in [1.807, 2.05) is 0 Å². The first kappa shape index (κ1) is 19.4. The number of nitrogens with zero attached hydrogens (tertiary/aromatic N) is 1. The summed E-state index contributed by atoms with van der Waals surface area (Å²) in [6.45, 7) is 9.06. The van der Waals surface area contributed by atoms with E-state index in [4.69, 9.17) is 4.74 Å². The zero-order chi connectivity index (χ0) is 16.0. The van der Waals surface area contributed by atoms with Gasteiger partial charge in [0.2, 0.25) is 5.91 Å². The van der Waals surface area contributed by atoms with Gasteiger partial charge >= 0.3 is 0 Å². The van der Waals surface area contributed by atoms with Crippen molar-refractivity contribution in [2.75, 3.05) is 32.8 Å². The number of unbranched alkanes of at least 4 members (excludes halogenated alkanes) is 3. The molecule has 4 nitrogen and oxygen atoms in total. The van der Waals surface area contributed by atoms with Crippen molar-refractivity contribution < 1.29 is 9.53 Å². The number of hydrogen-bond acceptors (Lipinski definition) is 3. The number of nitrogens with one attached hydrogen (secondary N) is 1.